The fraction of sp³-hybridized carbons (Fsp3) is 0.455. The number of carbonyl (C=O) groups excluding carboxylic acids is 1. The van der Waals surface area contributed by atoms with Gasteiger partial charge in [0, 0.05) is 24.9 Å². The predicted octanol–water partition coefficient (Wildman–Crippen LogP) is 2.44. The van der Waals surface area contributed by atoms with Crippen molar-refractivity contribution in [3.05, 3.63) is 30.1 Å². The van der Waals surface area contributed by atoms with Gasteiger partial charge in [0.2, 0.25) is 0 Å². The van der Waals surface area contributed by atoms with Crippen LogP contribution in [0.15, 0.2) is 24.4 Å². The number of halogens is 7. The third-order valence-corrected chi connectivity index (χ3v) is 2.14. The third kappa shape index (κ3) is 7.23. The summed E-state index contributed by atoms with van der Waals surface area (Å²) in [7, 11) is 0. The van der Waals surface area contributed by atoms with E-state index >= 15 is 0 Å². The number of hydrogen-bond donors (Lipinski definition) is 1. The topological polar surface area (TPSA) is 60.5 Å². The Labute approximate surface area is 124 Å². The van der Waals surface area contributed by atoms with E-state index in [-0.39, 0.29) is 6.42 Å². The van der Waals surface area contributed by atoms with Crippen molar-refractivity contribution < 1.29 is 45.0 Å². The lowest BCUT2D eigenvalue weighted by Crippen LogP contribution is -2.48. The molecule has 0 aliphatic carbocycles. The minimum Gasteiger partial charge on any atom is -0.348 e. The van der Waals surface area contributed by atoms with Crippen LogP contribution in [0.4, 0.5) is 30.7 Å². The lowest BCUT2D eigenvalue weighted by molar-refractivity contribution is -0.527. The van der Waals surface area contributed by atoms with Crippen molar-refractivity contribution >= 4 is 5.91 Å². The number of hydrogen-bond acceptors (Lipinski definition) is 4. The number of ether oxygens (including phenoxy) is 2. The van der Waals surface area contributed by atoms with Crippen molar-refractivity contribution in [3.8, 4) is 0 Å². The van der Waals surface area contributed by atoms with Gasteiger partial charge in [-0.1, -0.05) is 6.07 Å². The summed E-state index contributed by atoms with van der Waals surface area (Å²) < 4.78 is 90.5. The summed E-state index contributed by atoms with van der Waals surface area (Å²) in [5.41, 5.74) is 0.405. The van der Waals surface area contributed by atoms with Crippen LogP contribution < -0.4 is 5.32 Å². The highest BCUT2D eigenvalue weighted by Gasteiger charge is 2.55. The van der Waals surface area contributed by atoms with Crippen molar-refractivity contribution in [2.24, 2.45) is 0 Å². The van der Waals surface area contributed by atoms with Crippen molar-refractivity contribution in [3.63, 3.8) is 0 Å². The summed E-state index contributed by atoms with van der Waals surface area (Å²) in [4.78, 5) is 14.8. The van der Waals surface area contributed by atoms with Crippen LogP contribution in [0.1, 0.15) is 5.69 Å². The van der Waals surface area contributed by atoms with Crippen LogP contribution in [0.25, 0.3) is 0 Å². The van der Waals surface area contributed by atoms with Crippen LogP contribution in [0.2, 0.25) is 0 Å². The van der Waals surface area contributed by atoms with Crippen LogP contribution in [-0.2, 0) is 20.7 Å². The van der Waals surface area contributed by atoms with Gasteiger partial charge in [0.25, 0.3) is 0 Å². The Bertz CT molecular complexity index is 522. The Balaban J connectivity index is 2.53. The molecule has 0 unspecified atom stereocenters. The van der Waals surface area contributed by atoms with Gasteiger partial charge in [-0.05, 0) is 12.1 Å². The smallest absolute Gasteiger partial charge is 0.348 e. The molecule has 1 N–H and O–H groups in total. The molecule has 0 aliphatic heterocycles. The Morgan fingerprint density at radius 3 is 2.26 bits per heavy atom. The zero-order valence-corrected chi connectivity index (χ0v) is 11.0. The van der Waals surface area contributed by atoms with Gasteiger partial charge in [-0.25, -0.2) is 4.74 Å². The maximum atomic E-state index is 13.0. The number of carbonyl (C=O) groups is 1. The van der Waals surface area contributed by atoms with Crippen LogP contribution in [-0.4, -0.2) is 36.2 Å². The van der Waals surface area contributed by atoms with Crippen LogP contribution in [0.5, 0.6) is 0 Å². The van der Waals surface area contributed by atoms with Gasteiger partial charge in [0.15, 0.2) is 0 Å². The molecular formula is C11H9F7N2O3. The second kappa shape index (κ2) is 7.08. The molecule has 0 aromatic carbocycles. The van der Waals surface area contributed by atoms with E-state index in [4.69, 9.17) is 0 Å². The maximum Gasteiger partial charge on any atom is 0.529 e. The third-order valence-electron chi connectivity index (χ3n) is 2.14. The average molecular weight is 350 g/mol. The monoisotopic (exact) mass is 350 g/mol. The summed E-state index contributed by atoms with van der Waals surface area (Å²) in [6, 6.07) is 4.66. The Morgan fingerprint density at radius 2 is 1.74 bits per heavy atom. The molecule has 23 heavy (non-hydrogen) atoms. The lowest BCUT2D eigenvalue weighted by atomic mass is 10.3. The number of amides is 1. The zero-order chi connectivity index (χ0) is 17.7. The van der Waals surface area contributed by atoms with Crippen molar-refractivity contribution in [1.82, 2.24) is 10.3 Å². The summed E-state index contributed by atoms with van der Waals surface area (Å²) in [6.45, 7) is -0.430. The van der Waals surface area contributed by atoms with Gasteiger partial charge in [0.1, 0.15) is 0 Å². The van der Waals surface area contributed by atoms with Crippen LogP contribution in [0.3, 0.4) is 0 Å². The van der Waals surface area contributed by atoms with Crippen LogP contribution in [0, 0.1) is 0 Å². The van der Waals surface area contributed by atoms with Gasteiger partial charge in [-0.2, -0.15) is 13.5 Å². The SMILES string of the molecule is O=C(NCCc1ccccn1)C(F)(F)OC(F)(F)OC(F)(F)F. The van der Waals surface area contributed by atoms with Gasteiger partial charge in [0.05, 0.1) is 0 Å². The molecule has 1 aromatic heterocycles. The number of nitrogens with one attached hydrogen (secondary N) is 1. The van der Waals surface area contributed by atoms with Crippen molar-refractivity contribution in [2.75, 3.05) is 6.54 Å². The molecule has 1 heterocycles. The van der Waals surface area contributed by atoms with E-state index in [2.05, 4.69) is 14.5 Å². The molecule has 130 valence electrons. The molecule has 0 fully saturated rings. The number of alkyl halides is 7. The second-order valence-electron chi connectivity index (χ2n) is 3.96. The summed E-state index contributed by atoms with van der Waals surface area (Å²) in [6.07, 6.45) is -15.5. The van der Waals surface area contributed by atoms with E-state index < -0.39 is 31.2 Å². The molecular weight excluding hydrogens is 341 g/mol. The molecule has 0 spiro atoms. The molecule has 1 rings (SSSR count). The largest absolute Gasteiger partial charge is 0.529 e. The standard InChI is InChI=1S/C11H9F7N2O3/c12-9(13,22-11(17,18)23-10(14,15)16)8(21)20-6-4-7-3-1-2-5-19-7/h1-3,5H,4,6H2,(H,20,21). The van der Waals surface area contributed by atoms with E-state index in [1.54, 1.807) is 12.1 Å². The maximum absolute atomic E-state index is 13.0. The van der Waals surface area contributed by atoms with E-state index in [1.807, 2.05) is 0 Å². The fourth-order valence-electron chi connectivity index (χ4n) is 1.30. The van der Waals surface area contributed by atoms with Crippen LogP contribution >= 0.6 is 0 Å². The summed E-state index contributed by atoms with van der Waals surface area (Å²) >= 11 is 0. The average Bonchev–Trinajstić information content (AvgIpc) is 2.35. The first-order valence-corrected chi connectivity index (χ1v) is 5.82. The van der Waals surface area contributed by atoms with E-state index in [1.165, 1.54) is 17.6 Å². The Hall–Kier alpha value is -1.95. The number of rotatable bonds is 7. The van der Waals surface area contributed by atoms with Gasteiger partial charge < -0.3 is 5.32 Å². The lowest BCUT2D eigenvalue weighted by Gasteiger charge is -2.22. The zero-order valence-electron chi connectivity index (χ0n) is 11.0. The quantitative estimate of drug-likeness (QED) is 0.606. The molecule has 12 heteroatoms. The highest BCUT2D eigenvalue weighted by molar-refractivity contribution is 5.81. The molecule has 0 saturated carbocycles. The Morgan fingerprint density at radius 1 is 1.09 bits per heavy atom. The number of nitrogens with zero attached hydrogens (tertiary/aromatic N) is 1. The fourth-order valence-corrected chi connectivity index (χ4v) is 1.30. The highest BCUT2D eigenvalue weighted by atomic mass is 19.4. The van der Waals surface area contributed by atoms with E-state index in [0.29, 0.717) is 5.69 Å². The number of pyridine rings is 1. The second-order valence-corrected chi connectivity index (χ2v) is 3.96. The minimum atomic E-state index is -5.94. The summed E-state index contributed by atoms with van der Waals surface area (Å²) in [5.74, 6) is -2.35. The number of aromatic nitrogens is 1. The molecule has 0 bridgehead atoms. The summed E-state index contributed by atoms with van der Waals surface area (Å²) in [5, 5.41) is 1.53. The first kappa shape index (κ1) is 19.1. The molecule has 0 atom stereocenters. The molecule has 0 aliphatic rings. The van der Waals surface area contributed by atoms with Crippen molar-refractivity contribution in [1.29, 1.82) is 0 Å². The van der Waals surface area contributed by atoms with Gasteiger partial charge in [-0.3, -0.25) is 9.78 Å². The Kier molecular flexibility index (Phi) is 5.88. The highest BCUT2D eigenvalue weighted by Crippen LogP contribution is 2.33. The molecule has 0 saturated heterocycles. The van der Waals surface area contributed by atoms with E-state index in [9.17, 15) is 35.5 Å². The molecule has 1 aromatic rings. The first-order valence-electron chi connectivity index (χ1n) is 5.82. The molecule has 1 amide bonds. The first-order chi connectivity index (χ1) is 10.4. The normalized spacial score (nSPS) is 13.0. The molecule has 0 radical (unpaired) electrons. The molecule has 5 nitrogen and oxygen atoms in total. The van der Waals surface area contributed by atoms with E-state index in [0.717, 1.165) is 0 Å². The van der Waals surface area contributed by atoms with Crippen molar-refractivity contribution in [2.45, 2.75) is 25.2 Å². The van der Waals surface area contributed by atoms with Gasteiger partial charge >= 0.3 is 24.7 Å². The minimum absolute atomic E-state index is 0.0158. The van der Waals surface area contributed by atoms with Gasteiger partial charge in [-0.15, -0.1) is 22.0 Å². The predicted molar refractivity (Wildman–Crippen MR) is 59.1 cm³/mol.